The van der Waals surface area contributed by atoms with Gasteiger partial charge in [-0.1, -0.05) is 35.9 Å². The van der Waals surface area contributed by atoms with Crippen molar-refractivity contribution in [3.05, 3.63) is 70.2 Å². The van der Waals surface area contributed by atoms with Crippen molar-refractivity contribution in [2.24, 2.45) is 0 Å². The van der Waals surface area contributed by atoms with Crippen LogP contribution in [0.1, 0.15) is 29.5 Å². The van der Waals surface area contributed by atoms with Crippen molar-refractivity contribution in [2.75, 3.05) is 13.1 Å². The number of nitrogens with zero attached hydrogens (tertiary/aromatic N) is 2. The molecule has 118 valence electrons. The third-order valence-corrected chi connectivity index (χ3v) is 4.81. The summed E-state index contributed by atoms with van der Waals surface area (Å²) in [6, 6.07) is 17.3. The second-order valence-corrected chi connectivity index (χ2v) is 6.56. The molecule has 2 aromatic carbocycles. The molecular formula is C19H19ClN2O. The molecule has 0 aliphatic carbocycles. The van der Waals surface area contributed by atoms with Crippen LogP contribution in [0.25, 0.3) is 0 Å². The molecule has 0 bridgehead atoms. The second-order valence-electron chi connectivity index (χ2n) is 6.12. The van der Waals surface area contributed by atoms with Crippen molar-refractivity contribution >= 4 is 11.6 Å². The van der Waals surface area contributed by atoms with Gasteiger partial charge in [0.05, 0.1) is 17.2 Å². The quantitative estimate of drug-likeness (QED) is 0.935. The van der Waals surface area contributed by atoms with Gasteiger partial charge in [0.15, 0.2) is 0 Å². The van der Waals surface area contributed by atoms with Crippen LogP contribution in [-0.2, 0) is 12.1 Å². The molecule has 1 aliphatic heterocycles. The summed E-state index contributed by atoms with van der Waals surface area (Å²) in [4.78, 5) is 2.34. The molecule has 3 nitrogen and oxygen atoms in total. The van der Waals surface area contributed by atoms with Crippen molar-refractivity contribution in [3.8, 4) is 6.07 Å². The molecule has 0 spiro atoms. The molecule has 0 aromatic heterocycles. The number of halogens is 1. The van der Waals surface area contributed by atoms with Crippen molar-refractivity contribution in [3.63, 3.8) is 0 Å². The zero-order valence-electron chi connectivity index (χ0n) is 12.9. The van der Waals surface area contributed by atoms with Crippen LogP contribution in [0.4, 0.5) is 0 Å². The highest BCUT2D eigenvalue weighted by atomic mass is 35.5. The van der Waals surface area contributed by atoms with Crippen molar-refractivity contribution in [1.82, 2.24) is 4.90 Å². The van der Waals surface area contributed by atoms with Crippen LogP contribution < -0.4 is 0 Å². The van der Waals surface area contributed by atoms with E-state index in [1.165, 1.54) is 5.56 Å². The van der Waals surface area contributed by atoms with Crippen molar-refractivity contribution in [1.29, 1.82) is 5.26 Å². The topological polar surface area (TPSA) is 47.3 Å². The Labute approximate surface area is 141 Å². The highest BCUT2D eigenvalue weighted by Crippen LogP contribution is 2.33. The molecule has 4 heteroatoms. The van der Waals surface area contributed by atoms with Gasteiger partial charge in [-0.05, 0) is 48.2 Å². The van der Waals surface area contributed by atoms with Crippen LogP contribution in [0.5, 0.6) is 0 Å². The lowest BCUT2D eigenvalue weighted by molar-refractivity contribution is -0.0277. The predicted octanol–water partition coefficient (Wildman–Crippen LogP) is 3.70. The Morgan fingerprint density at radius 3 is 2.22 bits per heavy atom. The number of piperidine rings is 1. The zero-order valence-corrected chi connectivity index (χ0v) is 13.6. The molecule has 0 atom stereocenters. The van der Waals surface area contributed by atoms with Crippen LogP contribution >= 0.6 is 11.6 Å². The molecular weight excluding hydrogens is 308 g/mol. The number of rotatable bonds is 3. The Morgan fingerprint density at radius 2 is 1.65 bits per heavy atom. The summed E-state index contributed by atoms with van der Waals surface area (Å²) >= 11 is 5.92. The molecule has 23 heavy (non-hydrogen) atoms. The van der Waals surface area contributed by atoms with E-state index >= 15 is 0 Å². The van der Waals surface area contributed by atoms with Gasteiger partial charge in [0, 0.05) is 24.7 Å². The van der Waals surface area contributed by atoms with E-state index in [4.69, 9.17) is 16.9 Å². The van der Waals surface area contributed by atoms with Gasteiger partial charge in [0.2, 0.25) is 0 Å². The van der Waals surface area contributed by atoms with Crippen LogP contribution in [-0.4, -0.2) is 23.1 Å². The first-order chi connectivity index (χ1) is 11.1. The number of hydrogen-bond acceptors (Lipinski definition) is 3. The van der Waals surface area contributed by atoms with E-state index in [0.717, 1.165) is 25.2 Å². The van der Waals surface area contributed by atoms with Gasteiger partial charge < -0.3 is 5.11 Å². The summed E-state index contributed by atoms with van der Waals surface area (Å²) in [5, 5.41) is 20.4. The molecule has 0 amide bonds. The van der Waals surface area contributed by atoms with E-state index in [2.05, 4.69) is 11.0 Å². The molecule has 0 saturated carbocycles. The van der Waals surface area contributed by atoms with Crippen LogP contribution in [0.2, 0.25) is 5.02 Å². The molecule has 2 aromatic rings. The molecule has 1 saturated heterocycles. The molecule has 1 N–H and O–H groups in total. The van der Waals surface area contributed by atoms with Gasteiger partial charge in [0.1, 0.15) is 0 Å². The average molecular weight is 327 g/mol. The molecule has 1 aliphatic rings. The summed E-state index contributed by atoms with van der Waals surface area (Å²) in [5.74, 6) is 0. The highest BCUT2D eigenvalue weighted by molar-refractivity contribution is 6.30. The second kappa shape index (κ2) is 6.72. The lowest BCUT2D eigenvalue weighted by Crippen LogP contribution is -2.42. The molecule has 1 fully saturated rings. The lowest BCUT2D eigenvalue weighted by Gasteiger charge is -2.38. The SMILES string of the molecule is N#Cc1ccc(CN2CCC(O)(c3ccc(Cl)cc3)CC2)cc1. The van der Waals surface area contributed by atoms with E-state index in [0.29, 0.717) is 23.4 Å². The monoisotopic (exact) mass is 326 g/mol. The fourth-order valence-corrected chi connectivity index (χ4v) is 3.20. The fraction of sp³-hybridized carbons (Fsp3) is 0.316. The summed E-state index contributed by atoms with van der Waals surface area (Å²) in [5.41, 5.74) is 2.07. The third kappa shape index (κ3) is 3.73. The highest BCUT2D eigenvalue weighted by Gasteiger charge is 2.33. The van der Waals surface area contributed by atoms with Crippen LogP contribution in [0, 0.1) is 11.3 Å². The largest absolute Gasteiger partial charge is 0.385 e. The third-order valence-electron chi connectivity index (χ3n) is 4.55. The maximum Gasteiger partial charge on any atom is 0.0991 e. The first kappa shape index (κ1) is 16.0. The first-order valence-electron chi connectivity index (χ1n) is 7.79. The number of likely N-dealkylation sites (tertiary alicyclic amines) is 1. The Bertz CT molecular complexity index is 696. The molecule has 0 radical (unpaired) electrons. The van der Waals surface area contributed by atoms with Crippen LogP contribution in [0.15, 0.2) is 48.5 Å². The normalized spacial score (nSPS) is 17.6. The Hall–Kier alpha value is -1.86. The summed E-state index contributed by atoms with van der Waals surface area (Å²) in [6.07, 6.45) is 1.43. The zero-order chi connectivity index (χ0) is 16.3. The minimum atomic E-state index is -0.758. The first-order valence-corrected chi connectivity index (χ1v) is 8.17. The maximum absolute atomic E-state index is 10.9. The van der Waals surface area contributed by atoms with E-state index < -0.39 is 5.60 Å². The van der Waals surface area contributed by atoms with Gasteiger partial charge in [-0.3, -0.25) is 4.90 Å². The molecule has 1 heterocycles. The number of hydrogen-bond donors (Lipinski definition) is 1. The summed E-state index contributed by atoms with van der Waals surface area (Å²) in [6.45, 7) is 2.54. The smallest absolute Gasteiger partial charge is 0.0991 e. The Morgan fingerprint density at radius 1 is 1.04 bits per heavy atom. The number of nitriles is 1. The Kier molecular flexibility index (Phi) is 4.68. The van der Waals surface area contributed by atoms with E-state index in [1.54, 1.807) is 0 Å². The molecule has 3 rings (SSSR count). The van der Waals surface area contributed by atoms with Gasteiger partial charge in [-0.25, -0.2) is 0 Å². The van der Waals surface area contributed by atoms with Gasteiger partial charge in [0.25, 0.3) is 0 Å². The Balaban J connectivity index is 1.61. The van der Waals surface area contributed by atoms with E-state index in [1.807, 2.05) is 48.5 Å². The summed E-state index contributed by atoms with van der Waals surface area (Å²) < 4.78 is 0. The van der Waals surface area contributed by atoms with E-state index in [9.17, 15) is 5.11 Å². The van der Waals surface area contributed by atoms with Crippen molar-refractivity contribution < 1.29 is 5.11 Å². The van der Waals surface area contributed by atoms with Gasteiger partial charge in [-0.2, -0.15) is 5.26 Å². The van der Waals surface area contributed by atoms with Gasteiger partial charge in [-0.15, -0.1) is 0 Å². The average Bonchev–Trinajstić information content (AvgIpc) is 2.58. The minimum absolute atomic E-state index is 0.685. The van der Waals surface area contributed by atoms with Crippen molar-refractivity contribution in [2.45, 2.75) is 25.0 Å². The number of benzene rings is 2. The minimum Gasteiger partial charge on any atom is -0.385 e. The van der Waals surface area contributed by atoms with Crippen LogP contribution in [0.3, 0.4) is 0 Å². The predicted molar refractivity (Wildman–Crippen MR) is 91.0 cm³/mol. The summed E-state index contributed by atoms with van der Waals surface area (Å²) in [7, 11) is 0. The van der Waals surface area contributed by atoms with E-state index in [-0.39, 0.29) is 0 Å². The number of aliphatic hydroxyl groups is 1. The standard InChI is InChI=1S/C19H19ClN2O/c20-18-7-5-17(6-8-18)19(23)9-11-22(12-10-19)14-16-3-1-15(13-21)2-4-16/h1-8,23H,9-12,14H2. The molecule has 0 unspecified atom stereocenters. The maximum atomic E-state index is 10.9. The fourth-order valence-electron chi connectivity index (χ4n) is 3.07. The van der Waals surface area contributed by atoms with Gasteiger partial charge >= 0.3 is 0 Å². The lowest BCUT2D eigenvalue weighted by atomic mass is 9.84.